The number of fused-ring (bicyclic) bond motifs is 1. The summed E-state index contributed by atoms with van der Waals surface area (Å²) in [6.45, 7) is 0.0712. The molecule has 4 amide bonds. The number of alkyl halides is 2. The number of benzene rings is 2. The van der Waals surface area contributed by atoms with Gasteiger partial charge in [-0.15, -0.1) is 0 Å². The van der Waals surface area contributed by atoms with Gasteiger partial charge in [-0.2, -0.15) is 8.78 Å². The van der Waals surface area contributed by atoms with Crippen molar-refractivity contribution in [1.82, 2.24) is 15.0 Å². The second kappa shape index (κ2) is 9.15. The second-order valence-electron chi connectivity index (χ2n) is 8.96. The number of carbonyl (C=O) groups is 4. The van der Waals surface area contributed by atoms with Crippen molar-refractivity contribution in [2.24, 2.45) is 0 Å². The Bertz CT molecular complexity index is 1260. The molecular weight excluding hydrogens is 476 g/mol. The van der Waals surface area contributed by atoms with Gasteiger partial charge in [0.1, 0.15) is 21.7 Å². The standard InChI is InChI=1S/C22H21B3ClF2N3O4/c23-17-11(9-31(25)21(35)22(27,28)12-1-3-13(26)4-2-12)7-10-8-30(20(34)16(10)18(17)24)14-5-6-15(32)29-19(14)33/h1-4,7,14H,5-6,8-9,23-25H2,(H,29,32,33). The Balaban J connectivity index is 1.57. The lowest BCUT2D eigenvalue weighted by Gasteiger charge is -2.29. The summed E-state index contributed by atoms with van der Waals surface area (Å²) >= 11 is 5.77. The number of imide groups is 1. The van der Waals surface area contributed by atoms with Crippen LogP contribution in [0.3, 0.4) is 0 Å². The first-order valence-corrected chi connectivity index (χ1v) is 11.5. The van der Waals surface area contributed by atoms with Crippen LogP contribution in [0.2, 0.25) is 5.02 Å². The smallest absolute Gasteiger partial charge is 0.348 e. The molecule has 1 fully saturated rings. The van der Waals surface area contributed by atoms with Gasteiger partial charge in [0.05, 0.1) is 0 Å². The number of halogens is 3. The third-order valence-corrected chi connectivity index (χ3v) is 6.97. The van der Waals surface area contributed by atoms with E-state index in [4.69, 9.17) is 11.6 Å². The second-order valence-corrected chi connectivity index (χ2v) is 9.40. The molecule has 0 bridgehead atoms. The van der Waals surface area contributed by atoms with Crippen molar-refractivity contribution in [2.75, 3.05) is 0 Å². The molecule has 0 aromatic heterocycles. The van der Waals surface area contributed by atoms with E-state index in [1.54, 1.807) is 21.8 Å². The molecule has 35 heavy (non-hydrogen) atoms. The van der Waals surface area contributed by atoms with E-state index < -0.39 is 29.3 Å². The van der Waals surface area contributed by atoms with Crippen LogP contribution in [0, 0.1) is 0 Å². The zero-order valence-electron chi connectivity index (χ0n) is 19.5. The Morgan fingerprint density at radius 1 is 1.17 bits per heavy atom. The van der Waals surface area contributed by atoms with E-state index in [0.29, 0.717) is 27.6 Å². The number of amides is 4. The van der Waals surface area contributed by atoms with Gasteiger partial charge in [0, 0.05) is 35.7 Å². The van der Waals surface area contributed by atoms with E-state index in [1.807, 2.05) is 0 Å². The summed E-state index contributed by atoms with van der Waals surface area (Å²) in [6, 6.07) is 5.82. The largest absolute Gasteiger partial charge is 0.384 e. The molecule has 178 valence electrons. The number of nitrogens with one attached hydrogen (secondary N) is 1. The summed E-state index contributed by atoms with van der Waals surface area (Å²) < 4.78 is 29.7. The summed E-state index contributed by atoms with van der Waals surface area (Å²) in [5.41, 5.74) is 2.67. The van der Waals surface area contributed by atoms with Crippen molar-refractivity contribution in [3.05, 3.63) is 57.6 Å². The summed E-state index contributed by atoms with van der Waals surface area (Å²) in [7, 11) is 4.82. The molecular formula is C22H21B3ClF2N3O4. The first-order chi connectivity index (χ1) is 16.4. The topological polar surface area (TPSA) is 86.8 Å². The molecule has 0 saturated carbocycles. The first-order valence-electron chi connectivity index (χ1n) is 11.1. The molecule has 2 aromatic rings. The van der Waals surface area contributed by atoms with Gasteiger partial charge < -0.3 is 9.71 Å². The van der Waals surface area contributed by atoms with Crippen LogP contribution in [0.1, 0.15) is 39.9 Å². The molecule has 13 heteroatoms. The van der Waals surface area contributed by atoms with Crippen LogP contribution in [-0.4, -0.2) is 63.1 Å². The Morgan fingerprint density at radius 3 is 2.46 bits per heavy atom. The highest BCUT2D eigenvalue weighted by Gasteiger charge is 2.43. The van der Waals surface area contributed by atoms with Crippen molar-refractivity contribution in [2.45, 2.75) is 37.9 Å². The predicted octanol–water partition coefficient (Wildman–Crippen LogP) is -1.71. The molecule has 1 N–H and O–H groups in total. The minimum atomic E-state index is -3.74. The zero-order valence-corrected chi connectivity index (χ0v) is 20.2. The molecule has 2 heterocycles. The molecule has 1 atom stereocenters. The van der Waals surface area contributed by atoms with Crippen molar-refractivity contribution in [3.63, 3.8) is 0 Å². The molecule has 2 aromatic carbocycles. The monoisotopic (exact) mass is 497 g/mol. The molecule has 7 nitrogen and oxygen atoms in total. The van der Waals surface area contributed by atoms with Gasteiger partial charge >= 0.3 is 5.92 Å². The van der Waals surface area contributed by atoms with Gasteiger partial charge in [0.15, 0.2) is 0 Å². The Labute approximate surface area is 208 Å². The van der Waals surface area contributed by atoms with Crippen molar-refractivity contribution >= 4 is 69.8 Å². The molecule has 1 unspecified atom stereocenters. The van der Waals surface area contributed by atoms with Gasteiger partial charge in [0.25, 0.3) is 11.8 Å². The van der Waals surface area contributed by atoms with Crippen molar-refractivity contribution < 1.29 is 28.0 Å². The lowest BCUT2D eigenvalue weighted by molar-refractivity contribution is -0.154. The molecule has 0 radical (unpaired) electrons. The number of hydrogen-bond acceptors (Lipinski definition) is 4. The summed E-state index contributed by atoms with van der Waals surface area (Å²) in [4.78, 5) is 52.0. The van der Waals surface area contributed by atoms with Crippen molar-refractivity contribution in [3.8, 4) is 0 Å². The molecule has 4 rings (SSSR count). The average Bonchev–Trinajstić information content (AvgIpc) is 3.12. The Morgan fingerprint density at radius 2 is 1.83 bits per heavy atom. The predicted molar refractivity (Wildman–Crippen MR) is 133 cm³/mol. The molecule has 0 aliphatic carbocycles. The van der Waals surface area contributed by atoms with Crippen LogP contribution in [0.15, 0.2) is 30.3 Å². The molecule has 0 spiro atoms. The highest BCUT2D eigenvalue weighted by Crippen LogP contribution is 2.32. The quantitative estimate of drug-likeness (QED) is 0.394. The normalized spacial score (nSPS) is 17.9. The minimum Gasteiger partial charge on any atom is -0.384 e. The number of rotatable bonds is 5. The maximum absolute atomic E-state index is 14.9. The fraction of sp³-hybridized carbons (Fsp3) is 0.273. The van der Waals surface area contributed by atoms with Gasteiger partial charge in [-0.1, -0.05) is 40.7 Å². The van der Waals surface area contributed by atoms with Crippen LogP contribution in [0.4, 0.5) is 8.78 Å². The Hall–Kier alpha value is -3.14. The van der Waals surface area contributed by atoms with Crippen LogP contribution >= 0.6 is 11.6 Å². The third-order valence-electron chi connectivity index (χ3n) is 6.72. The molecule has 2 aliphatic heterocycles. The van der Waals surface area contributed by atoms with Crippen LogP contribution in [0.5, 0.6) is 0 Å². The van der Waals surface area contributed by atoms with E-state index in [0.717, 1.165) is 16.9 Å². The molecule has 2 aliphatic rings. The maximum Gasteiger partial charge on any atom is 0.348 e. The lowest BCUT2D eigenvalue weighted by Crippen LogP contribution is -2.52. The fourth-order valence-corrected chi connectivity index (χ4v) is 4.75. The first kappa shape index (κ1) is 25.0. The zero-order chi connectivity index (χ0) is 25.7. The SMILES string of the molecule is Bc1c(CN(B)C(=O)C(F)(F)c2ccc(Cl)cc2)cc2c(c1B)C(=O)N(C1CCC(=O)NC1=O)C2. The minimum absolute atomic E-state index is 0.0887. The number of carbonyl (C=O) groups excluding carboxylic acids is 4. The van der Waals surface area contributed by atoms with E-state index in [-0.39, 0.29) is 42.8 Å². The van der Waals surface area contributed by atoms with E-state index in [1.165, 1.54) is 25.0 Å². The number of hydrogen-bond donors (Lipinski definition) is 1. The van der Waals surface area contributed by atoms with E-state index in [9.17, 15) is 28.0 Å². The number of nitrogens with zero attached hydrogens (tertiary/aromatic N) is 2. The number of piperidine rings is 1. The van der Waals surface area contributed by atoms with Crippen LogP contribution in [-0.2, 0) is 33.4 Å². The average molecular weight is 497 g/mol. The summed E-state index contributed by atoms with van der Waals surface area (Å²) in [5, 5.41) is 2.55. The summed E-state index contributed by atoms with van der Waals surface area (Å²) in [6.07, 6.45) is 0.390. The third kappa shape index (κ3) is 4.47. The highest BCUT2D eigenvalue weighted by molar-refractivity contribution is 6.51. The van der Waals surface area contributed by atoms with Crippen molar-refractivity contribution in [1.29, 1.82) is 0 Å². The molecule has 1 saturated heterocycles. The Kier molecular flexibility index (Phi) is 6.53. The van der Waals surface area contributed by atoms with E-state index in [2.05, 4.69) is 5.32 Å². The lowest BCUT2D eigenvalue weighted by atomic mass is 9.73. The summed E-state index contributed by atoms with van der Waals surface area (Å²) in [5.74, 6) is -6.28. The van der Waals surface area contributed by atoms with Gasteiger partial charge in [-0.25, -0.2) is 0 Å². The maximum atomic E-state index is 14.9. The van der Waals surface area contributed by atoms with Gasteiger partial charge in [0.2, 0.25) is 19.8 Å². The van der Waals surface area contributed by atoms with Crippen LogP contribution < -0.4 is 16.2 Å². The fourth-order valence-electron chi connectivity index (χ4n) is 4.63. The van der Waals surface area contributed by atoms with Gasteiger partial charge in [-0.05, 0) is 29.7 Å². The highest BCUT2D eigenvalue weighted by atomic mass is 35.5. The van der Waals surface area contributed by atoms with E-state index >= 15 is 0 Å². The van der Waals surface area contributed by atoms with Gasteiger partial charge in [-0.3, -0.25) is 24.5 Å². The van der Waals surface area contributed by atoms with Crippen LogP contribution in [0.25, 0.3) is 0 Å².